The largest absolute Gasteiger partial charge is 0.394 e. The quantitative estimate of drug-likeness (QED) is 0.728. The van der Waals surface area contributed by atoms with Gasteiger partial charge in [-0.2, -0.15) is 0 Å². The summed E-state index contributed by atoms with van der Waals surface area (Å²) in [5, 5.41) is 8.70. The van der Waals surface area contributed by atoms with Gasteiger partial charge in [0.15, 0.2) is 0 Å². The predicted octanol–water partition coefficient (Wildman–Crippen LogP) is 0.944. The second-order valence-electron chi connectivity index (χ2n) is 6.36. The van der Waals surface area contributed by atoms with Gasteiger partial charge in [-0.25, -0.2) is 0 Å². The number of rotatable bonds is 6. The van der Waals surface area contributed by atoms with E-state index in [1.807, 2.05) is 0 Å². The van der Waals surface area contributed by atoms with Crippen LogP contribution in [0.5, 0.6) is 0 Å². The highest BCUT2D eigenvalue weighted by Crippen LogP contribution is 2.38. The van der Waals surface area contributed by atoms with Crippen LogP contribution >= 0.6 is 0 Å². The number of aliphatic hydroxyl groups excluding tert-OH is 1. The Hall–Kier alpha value is -0.160. The van der Waals surface area contributed by atoms with E-state index in [4.69, 9.17) is 9.84 Å². The molecule has 19 heavy (non-hydrogen) atoms. The minimum absolute atomic E-state index is 0.140. The number of nitrogens with zero attached hydrogens (tertiary/aromatic N) is 2. The molecule has 0 aromatic heterocycles. The predicted molar refractivity (Wildman–Crippen MR) is 75.2 cm³/mol. The molecule has 0 radical (unpaired) electrons. The third-order valence-corrected chi connectivity index (χ3v) is 5.00. The molecule has 2 atom stereocenters. The molecule has 1 saturated carbocycles. The zero-order valence-corrected chi connectivity index (χ0v) is 12.0. The van der Waals surface area contributed by atoms with E-state index >= 15 is 0 Å². The van der Waals surface area contributed by atoms with Gasteiger partial charge in [-0.1, -0.05) is 0 Å². The van der Waals surface area contributed by atoms with Crippen LogP contribution in [0.3, 0.4) is 0 Å². The molecule has 0 spiro atoms. The molecular formula is C15H28N2O2. The third-order valence-electron chi connectivity index (χ3n) is 5.00. The summed E-state index contributed by atoms with van der Waals surface area (Å²) in [6, 6.07) is 1.81. The van der Waals surface area contributed by atoms with Crippen molar-refractivity contribution in [1.82, 2.24) is 9.80 Å². The number of likely N-dealkylation sites (tertiary alicyclic amines) is 2. The lowest BCUT2D eigenvalue weighted by atomic mass is 9.83. The van der Waals surface area contributed by atoms with Gasteiger partial charge in [0, 0.05) is 25.2 Å². The number of ether oxygens (including phenoxy) is 1. The molecule has 2 heterocycles. The summed E-state index contributed by atoms with van der Waals surface area (Å²) < 4.78 is 5.39. The lowest BCUT2D eigenvalue weighted by Gasteiger charge is -2.47. The fraction of sp³-hybridized carbons (Fsp3) is 1.00. The molecule has 4 nitrogen and oxygen atoms in total. The highest BCUT2D eigenvalue weighted by molar-refractivity contribution is 4.96. The van der Waals surface area contributed by atoms with Crippen molar-refractivity contribution in [2.75, 3.05) is 46.0 Å². The normalized spacial score (nSPS) is 33.3. The van der Waals surface area contributed by atoms with Crippen LogP contribution in [-0.4, -0.2) is 73.0 Å². The van der Waals surface area contributed by atoms with Gasteiger partial charge in [0.05, 0.1) is 19.8 Å². The van der Waals surface area contributed by atoms with Gasteiger partial charge in [-0.3, -0.25) is 4.90 Å². The van der Waals surface area contributed by atoms with Crippen molar-refractivity contribution < 1.29 is 9.84 Å². The molecular weight excluding hydrogens is 240 g/mol. The Morgan fingerprint density at radius 1 is 1.05 bits per heavy atom. The van der Waals surface area contributed by atoms with Crippen molar-refractivity contribution in [1.29, 1.82) is 0 Å². The van der Waals surface area contributed by atoms with Gasteiger partial charge in [0.2, 0.25) is 0 Å². The number of hydrogen-bond acceptors (Lipinski definition) is 4. The van der Waals surface area contributed by atoms with Crippen LogP contribution in [0.4, 0.5) is 0 Å². The fourth-order valence-corrected chi connectivity index (χ4v) is 3.94. The topological polar surface area (TPSA) is 35.9 Å². The van der Waals surface area contributed by atoms with E-state index in [0.717, 1.165) is 31.2 Å². The SMILES string of the molecule is OCCOCCN1CCC2C(CCCN2C2CC2)C1. The van der Waals surface area contributed by atoms with E-state index in [1.165, 1.54) is 51.7 Å². The maximum Gasteiger partial charge on any atom is 0.0698 e. The molecule has 3 rings (SSSR count). The van der Waals surface area contributed by atoms with E-state index in [0.29, 0.717) is 6.61 Å². The first-order chi connectivity index (χ1) is 9.38. The summed E-state index contributed by atoms with van der Waals surface area (Å²) in [6.07, 6.45) is 7.05. The Morgan fingerprint density at radius 3 is 2.74 bits per heavy atom. The average Bonchev–Trinajstić information content (AvgIpc) is 3.27. The summed E-state index contributed by atoms with van der Waals surface area (Å²) in [6.45, 7) is 6.27. The lowest BCUT2D eigenvalue weighted by molar-refractivity contribution is 0.00446. The van der Waals surface area contributed by atoms with E-state index in [2.05, 4.69) is 9.80 Å². The Morgan fingerprint density at radius 2 is 1.95 bits per heavy atom. The summed E-state index contributed by atoms with van der Waals surface area (Å²) in [7, 11) is 0. The van der Waals surface area contributed by atoms with E-state index in [1.54, 1.807) is 0 Å². The Kier molecular flexibility index (Phi) is 4.74. The van der Waals surface area contributed by atoms with Crippen molar-refractivity contribution in [3.05, 3.63) is 0 Å². The molecule has 2 saturated heterocycles. The smallest absolute Gasteiger partial charge is 0.0698 e. The highest BCUT2D eigenvalue weighted by Gasteiger charge is 2.41. The molecule has 0 aromatic carbocycles. The molecule has 0 bridgehead atoms. The van der Waals surface area contributed by atoms with Crippen LogP contribution in [0.2, 0.25) is 0 Å². The Balaban J connectivity index is 1.44. The van der Waals surface area contributed by atoms with E-state index in [9.17, 15) is 0 Å². The van der Waals surface area contributed by atoms with Gasteiger partial charge in [0.25, 0.3) is 0 Å². The molecule has 110 valence electrons. The number of aliphatic hydroxyl groups is 1. The zero-order valence-electron chi connectivity index (χ0n) is 12.0. The summed E-state index contributed by atoms with van der Waals surface area (Å²) >= 11 is 0. The minimum Gasteiger partial charge on any atom is -0.394 e. The van der Waals surface area contributed by atoms with Gasteiger partial charge in [-0.05, 0) is 51.1 Å². The molecule has 0 amide bonds. The Labute approximate surface area is 116 Å². The summed E-state index contributed by atoms with van der Waals surface area (Å²) in [5.74, 6) is 0.890. The van der Waals surface area contributed by atoms with Crippen molar-refractivity contribution in [3.8, 4) is 0 Å². The third kappa shape index (κ3) is 3.48. The molecule has 3 fully saturated rings. The molecule has 0 aromatic rings. The summed E-state index contributed by atoms with van der Waals surface area (Å²) in [5.41, 5.74) is 0. The summed E-state index contributed by atoms with van der Waals surface area (Å²) in [4.78, 5) is 5.39. The van der Waals surface area contributed by atoms with Crippen molar-refractivity contribution >= 4 is 0 Å². The average molecular weight is 268 g/mol. The first-order valence-corrected chi connectivity index (χ1v) is 8.05. The maximum absolute atomic E-state index is 8.70. The molecule has 4 heteroatoms. The van der Waals surface area contributed by atoms with Crippen LogP contribution in [0.15, 0.2) is 0 Å². The van der Waals surface area contributed by atoms with Crippen LogP contribution < -0.4 is 0 Å². The van der Waals surface area contributed by atoms with Crippen molar-refractivity contribution in [3.63, 3.8) is 0 Å². The van der Waals surface area contributed by atoms with Gasteiger partial charge in [0.1, 0.15) is 0 Å². The number of piperidine rings is 2. The molecule has 3 aliphatic rings. The lowest BCUT2D eigenvalue weighted by Crippen LogP contribution is -2.55. The standard InChI is InChI=1S/C15H28N2O2/c18-9-11-19-10-8-16-7-5-15-13(12-16)2-1-6-17(15)14-3-4-14/h13-15,18H,1-12H2. The van der Waals surface area contributed by atoms with Crippen LogP contribution in [0.1, 0.15) is 32.1 Å². The maximum atomic E-state index is 8.70. The second-order valence-corrected chi connectivity index (χ2v) is 6.36. The van der Waals surface area contributed by atoms with Crippen molar-refractivity contribution in [2.24, 2.45) is 5.92 Å². The molecule has 2 unspecified atom stereocenters. The van der Waals surface area contributed by atoms with Crippen LogP contribution in [-0.2, 0) is 4.74 Å². The second kappa shape index (κ2) is 6.53. The minimum atomic E-state index is 0.140. The first-order valence-electron chi connectivity index (χ1n) is 8.05. The van der Waals surface area contributed by atoms with Crippen molar-refractivity contribution in [2.45, 2.75) is 44.2 Å². The highest BCUT2D eigenvalue weighted by atomic mass is 16.5. The molecule has 1 aliphatic carbocycles. The van der Waals surface area contributed by atoms with Crippen LogP contribution in [0, 0.1) is 5.92 Å². The van der Waals surface area contributed by atoms with Gasteiger partial charge < -0.3 is 14.7 Å². The van der Waals surface area contributed by atoms with Gasteiger partial charge in [-0.15, -0.1) is 0 Å². The van der Waals surface area contributed by atoms with Crippen LogP contribution in [0.25, 0.3) is 0 Å². The Bertz CT molecular complexity index is 283. The van der Waals surface area contributed by atoms with E-state index < -0.39 is 0 Å². The van der Waals surface area contributed by atoms with Gasteiger partial charge >= 0.3 is 0 Å². The fourth-order valence-electron chi connectivity index (χ4n) is 3.94. The van der Waals surface area contributed by atoms with E-state index in [-0.39, 0.29) is 6.61 Å². The number of hydrogen-bond donors (Lipinski definition) is 1. The zero-order chi connectivity index (χ0) is 13.1. The molecule has 1 N–H and O–H groups in total. The first kappa shape index (κ1) is 13.8. The molecule has 2 aliphatic heterocycles. The number of fused-ring (bicyclic) bond motifs is 1. The monoisotopic (exact) mass is 268 g/mol.